The highest BCUT2D eigenvalue weighted by Gasteiger charge is 2.09. The van der Waals surface area contributed by atoms with E-state index in [9.17, 15) is 9.59 Å². The van der Waals surface area contributed by atoms with Crippen molar-refractivity contribution in [2.45, 2.75) is 13.3 Å². The predicted molar refractivity (Wildman–Crippen MR) is 84.9 cm³/mol. The minimum Gasteiger partial charge on any atom is -0.459 e. The first-order valence-corrected chi connectivity index (χ1v) is 7.14. The summed E-state index contributed by atoms with van der Waals surface area (Å²) in [6.45, 7) is 3.10. The molecule has 1 aromatic heterocycles. The molecule has 2 amide bonds. The molecule has 2 aromatic rings. The van der Waals surface area contributed by atoms with E-state index in [0.717, 1.165) is 13.0 Å². The molecule has 0 saturated heterocycles. The number of benzene rings is 1. The number of furan rings is 1. The third-order valence-electron chi connectivity index (χ3n) is 2.86. The van der Waals surface area contributed by atoms with Crippen LogP contribution in [0.3, 0.4) is 0 Å². The van der Waals surface area contributed by atoms with Crippen molar-refractivity contribution in [3.63, 3.8) is 0 Å². The minimum atomic E-state index is -0.335. The highest BCUT2D eigenvalue weighted by molar-refractivity contribution is 6.02. The van der Waals surface area contributed by atoms with Gasteiger partial charge in [-0.1, -0.05) is 13.0 Å². The van der Waals surface area contributed by atoms with Crippen LogP contribution in [0.5, 0.6) is 0 Å². The van der Waals surface area contributed by atoms with E-state index in [4.69, 9.17) is 4.42 Å². The highest BCUT2D eigenvalue weighted by Crippen LogP contribution is 2.16. The zero-order chi connectivity index (χ0) is 15.8. The number of anilines is 2. The molecular formula is C16H19N3O3. The molecule has 0 spiro atoms. The Morgan fingerprint density at radius 3 is 2.55 bits per heavy atom. The van der Waals surface area contributed by atoms with Gasteiger partial charge in [-0.05, 0) is 43.3 Å². The van der Waals surface area contributed by atoms with Gasteiger partial charge in [0, 0.05) is 11.4 Å². The molecule has 0 atom stereocenters. The van der Waals surface area contributed by atoms with Gasteiger partial charge in [0.2, 0.25) is 5.91 Å². The van der Waals surface area contributed by atoms with Crippen molar-refractivity contribution in [1.29, 1.82) is 0 Å². The van der Waals surface area contributed by atoms with Crippen LogP contribution in [0.15, 0.2) is 47.1 Å². The van der Waals surface area contributed by atoms with Gasteiger partial charge in [0.05, 0.1) is 12.8 Å². The van der Waals surface area contributed by atoms with Gasteiger partial charge in [-0.2, -0.15) is 0 Å². The van der Waals surface area contributed by atoms with Crippen LogP contribution >= 0.6 is 0 Å². The van der Waals surface area contributed by atoms with Crippen LogP contribution in [0.4, 0.5) is 11.4 Å². The maximum Gasteiger partial charge on any atom is 0.291 e. The van der Waals surface area contributed by atoms with Gasteiger partial charge in [0.1, 0.15) is 0 Å². The van der Waals surface area contributed by atoms with Crippen LogP contribution in [0.25, 0.3) is 0 Å². The van der Waals surface area contributed by atoms with Crippen molar-refractivity contribution < 1.29 is 14.0 Å². The van der Waals surface area contributed by atoms with Crippen LogP contribution in [0.1, 0.15) is 23.9 Å². The van der Waals surface area contributed by atoms with Crippen LogP contribution in [0.2, 0.25) is 0 Å². The van der Waals surface area contributed by atoms with E-state index in [-0.39, 0.29) is 24.1 Å². The normalized spacial score (nSPS) is 10.2. The molecule has 1 aromatic carbocycles. The summed E-state index contributed by atoms with van der Waals surface area (Å²) in [6.07, 6.45) is 2.41. The maximum absolute atomic E-state index is 11.9. The molecule has 6 heteroatoms. The largest absolute Gasteiger partial charge is 0.459 e. The Kier molecular flexibility index (Phi) is 5.73. The zero-order valence-electron chi connectivity index (χ0n) is 12.4. The van der Waals surface area contributed by atoms with E-state index in [1.807, 2.05) is 6.92 Å². The fraction of sp³-hybridized carbons (Fsp3) is 0.250. The van der Waals surface area contributed by atoms with Gasteiger partial charge in [-0.3, -0.25) is 9.59 Å². The van der Waals surface area contributed by atoms with Crippen molar-refractivity contribution in [3.8, 4) is 0 Å². The quantitative estimate of drug-likeness (QED) is 0.686. The number of carbonyl (C=O) groups excluding carboxylic acids is 2. The van der Waals surface area contributed by atoms with Gasteiger partial charge < -0.3 is 20.4 Å². The summed E-state index contributed by atoms with van der Waals surface area (Å²) in [4.78, 5) is 23.6. The summed E-state index contributed by atoms with van der Waals surface area (Å²) in [5.41, 5.74) is 1.21. The SMILES string of the molecule is CCCNCC(=O)Nc1cccc(NC(=O)c2ccco2)c1. The van der Waals surface area contributed by atoms with Crippen LogP contribution in [0, 0.1) is 0 Å². The molecule has 116 valence electrons. The fourth-order valence-electron chi connectivity index (χ4n) is 1.86. The van der Waals surface area contributed by atoms with E-state index in [1.54, 1.807) is 36.4 Å². The summed E-state index contributed by atoms with van der Waals surface area (Å²) in [5, 5.41) is 8.51. The third-order valence-corrected chi connectivity index (χ3v) is 2.86. The Balaban J connectivity index is 1.92. The molecule has 1 heterocycles. The first-order chi connectivity index (χ1) is 10.7. The molecule has 0 aliphatic rings. The molecule has 0 bridgehead atoms. The number of carbonyl (C=O) groups is 2. The van der Waals surface area contributed by atoms with Crippen LogP contribution in [-0.4, -0.2) is 24.9 Å². The summed E-state index contributed by atoms with van der Waals surface area (Å²) in [5.74, 6) is -0.223. The van der Waals surface area contributed by atoms with E-state index in [2.05, 4.69) is 16.0 Å². The molecule has 6 nitrogen and oxygen atoms in total. The number of nitrogens with one attached hydrogen (secondary N) is 3. The van der Waals surface area contributed by atoms with E-state index in [0.29, 0.717) is 11.4 Å². The molecule has 0 saturated carbocycles. The molecule has 3 N–H and O–H groups in total. The van der Waals surface area contributed by atoms with Crippen molar-refractivity contribution in [1.82, 2.24) is 5.32 Å². The lowest BCUT2D eigenvalue weighted by molar-refractivity contribution is -0.115. The maximum atomic E-state index is 11.9. The minimum absolute atomic E-state index is 0.122. The highest BCUT2D eigenvalue weighted by atomic mass is 16.3. The first kappa shape index (κ1) is 15.8. The molecule has 0 radical (unpaired) electrons. The predicted octanol–water partition coefficient (Wildman–Crippen LogP) is 2.47. The molecule has 0 unspecified atom stereocenters. The zero-order valence-corrected chi connectivity index (χ0v) is 12.4. The summed E-state index contributed by atoms with van der Waals surface area (Å²) < 4.78 is 5.03. The Bertz CT molecular complexity index is 623. The van der Waals surface area contributed by atoms with Crippen molar-refractivity contribution in [2.24, 2.45) is 0 Å². The monoisotopic (exact) mass is 301 g/mol. The van der Waals surface area contributed by atoms with Gasteiger partial charge in [-0.15, -0.1) is 0 Å². The van der Waals surface area contributed by atoms with Crippen LogP contribution < -0.4 is 16.0 Å². The second kappa shape index (κ2) is 7.99. The van der Waals surface area contributed by atoms with Crippen LogP contribution in [-0.2, 0) is 4.79 Å². The lowest BCUT2D eigenvalue weighted by atomic mass is 10.2. The number of hydrogen-bond acceptors (Lipinski definition) is 4. The van der Waals surface area contributed by atoms with E-state index < -0.39 is 0 Å². The van der Waals surface area contributed by atoms with Crippen molar-refractivity contribution >= 4 is 23.2 Å². The summed E-state index contributed by atoms with van der Waals surface area (Å²) in [7, 11) is 0. The lowest BCUT2D eigenvalue weighted by Gasteiger charge is -2.08. The van der Waals surface area contributed by atoms with E-state index in [1.165, 1.54) is 6.26 Å². The second-order valence-corrected chi connectivity index (χ2v) is 4.74. The van der Waals surface area contributed by atoms with Gasteiger partial charge in [0.25, 0.3) is 5.91 Å². The third kappa shape index (κ3) is 4.75. The molecule has 2 rings (SSSR count). The van der Waals surface area contributed by atoms with Crippen molar-refractivity contribution in [3.05, 3.63) is 48.4 Å². The average molecular weight is 301 g/mol. The topological polar surface area (TPSA) is 83.4 Å². The average Bonchev–Trinajstić information content (AvgIpc) is 3.02. The smallest absolute Gasteiger partial charge is 0.291 e. The van der Waals surface area contributed by atoms with Gasteiger partial charge >= 0.3 is 0 Å². The van der Waals surface area contributed by atoms with Crippen molar-refractivity contribution in [2.75, 3.05) is 23.7 Å². The Morgan fingerprint density at radius 1 is 1.09 bits per heavy atom. The summed E-state index contributed by atoms with van der Waals surface area (Å²) in [6, 6.07) is 10.2. The molecule has 0 aliphatic heterocycles. The number of amides is 2. The summed E-state index contributed by atoms with van der Waals surface area (Å²) >= 11 is 0. The molecule has 0 aliphatic carbocycles. The molecule has 22 heavy (non-hydrogen) atoms. The van der Waals surface area contributed by atoms with Gasteiger partial charge in [0.15, 0.2) is 5.76 Å². The molecular weight excluding hydrogens is 282 g/mol. The Morgan fingerprint density at radius 2 is 1.86 bits per heavy atom. The lowest BCUT2D eigenvalue weighted by Crippen LogP contribution is -2.28. The number of rotatable bonds is 7. The second-order valence-electron chi connectivity index (χ2n) is 4.74. The fourth-order valence-corrected chi connectivity index (χ4v) is 1.86. The Hall–Kier alpha value is -2.60. The van der Waals surface area contributed by atoms with Gasteiger partial charge in [-0.25, -0.2) is 0 Å². The number of hydrogen-bond donors (Lipinski definition) is 3. The first-order valence-electron chi connectivity index (χ1n) is 7.14. The Labute approximate surface area is 128 Å². The molecule has 0 fully saturated rings. The van der Waals surface area contributed by atoms with E-state index >= 15 is 0 Å². The standard InChI is InChI=1S/C16H19N3O3/c1-2-8-17-11-15(20)18-12-5-3-6-13(10-12)19-16(21)14-7-4-9-22-14/h3-7,9-10,17H,2,8,11H2,1H3,(H,18,20)(H,19,21).